The number of thioether (sulfide) groups is 1. The fourth-order valence-electron chi connectivity index (χ4n) is 2.74. The molecule has 1 aliphatic carbocycles. The number of nitrogens with two attached hydrogens (primary N) is 1. The number of aliphatic hydroxyl groups is 1. The summed E-state index contributed by atoms with van der Waals surface area (Å²) in [5, 5.41) is 26.0. The number of alkyl halides is 2. The maximum atomic E-state index is 13.9. The van der Waals surface area contributed by atoms with Gasteiger partial charge in [-0.25, -0.2) is 13.2 Å². The van der Waals surface area contributed by atoms with Gasteiger partial charge >= 0.3 is 0 Å². The highest BCUT2D eigenvalue weighted by Gasteiger charge is 2.35. The summed E-state index contributed by atoms with van der Waals surface area (Å²) in [6.45, 7) is 0. The lowest BCUT2D eigenvalue weighted by molar-refractivity contribution is 0.0908. The van der Waals surface area contributed by atoms with E-state index in [4.69, 9.17) is 15.3 Å². The molecule has 0 saturated heterocycles. The molecule has 0 amide bonds. The summed E-state index contributed by atoms with van der Waals surface area (Å²) in [5.41, 5.74) is 4.98. The monoisotopic (exact) mass is 393 g/mol. The molecular weight excluding hydrogens is 379 g/mol. The van der Waals surface area contributed by atoms with E-state index in [0.29, 0.717) is 16.0 Å². The number of nitriles is 2. The lowest BCUT2D eigenvalue weighted by Gasteiger charge is -2.14. The Morgan fingerprint density at radius 3 is 2.63 bits per heavy atom. The molecule has 140 valence electrons. The van der Waals surface area contributed by atoms with Gasteiger partial charge in [-0.05, 0) is 24.3 Å². The number of nitrogens with zero attached hydrogens (tertiary/aromatic N) is 2. The van der Waals surface area contributed by atoms with Crippen molar-refractivity contribution in [2.24, 2.45) is 5.73 Å². The van der Waals surface area contributed by atoms with Crippen LogP contribution in [0, 0.1) is 28.6 Å². The Labute approximate surface area is 157 Å². The molecule has 3 rings (SSSR count). The summed E-state index contributed by atoms with van der Waals surface area (Å²) in [5.74, 6) is -0.285. The number of ether oxygens (including phenoxy) is 1. The first-order chi connectivity index (χ1) is 12.9. The van der Waals surface area contributed by atoms with Crippen LogP contribution < -0.4 is 10.5 Å². The van der Waals surface area contributed by atoms with Crippen LogP contribution >= 0.6 is 11.8 Å². The zero-order valence-electron chi connectivity index (χ0n) is 13.8. The van der Waals surface area contributed by atoms with Crippen LogP contribution in [-0.2, 0) is 6.42 Å². The average Bonchev–Trinajstić information content (AvgIpc) is 2.93. The first-order valence-electron chi connectivity index (χ1n) is 7.60. The van der Waals surface area contributed by atoms with Crippen LogP contribution in [0.15, 0.2) is 35.2 Å². The molecular formula is C18H14F3N3O2S. The van der Waals surface area contributed by atoms with Gasteiger partial charge in [-0.15, -0.1) is 0 Å². The summed E-state index contributed by atoms with van der Waals surface area (Å²) in [6.07, 6.45) is -1.68. The summed E-state index contributed by atoms with van der Waals surface area (Å²) in [7, 11) is 0. The second kappa shape index (κ2) is 9.17. The molecule has 0 spiro atoms. The Bertz CT molecular complexity index is 912. The normalized spacial score (nSPS) is 17.1. The topological polar surface area (TPSA) is 103 Å². The molecule has 0 heterocycles. The molecule has 0 aliphatic heterocycles. The number of fused-ring (bicyclic) bond motifs is 1. The van der Waals surface area contributed by atoms with E-state index in [1.165, 1.54) is 24.4 Å². The third-order valence-corrected chi connectivity index (χ3v) is 4.53. The fourth-order valence-corrected chi connectivity index (χ4v) is 3.42. The number of aliphatic hydroxyl groups excluding tert-OH is 1. The van der Waals surface area contributed by atoms with E-state index in [0.717, 1.165) is 23.9 Å². The van der Waals surface area contributed by atoms with Gasteiger partial charge in [0.05, 0.1) is 11.6 Å². The minimum absolute atomic E-state index is 0.0764. The van der Waals surface area contributed by atoms with Gasteiger partial charge in [-0.3, -0.25) is 0 Å². The van der Waals surface area contributed by atoms with Gasteiger partial charge in [-0.1, -0.05) is 11.8 Å². The van der Waals surface area contributed by atoms with E-state index in [9.17, 15) is 18.3 Å². The molecule has 1 aliphatic rings. The molecule has 0 aromatic heterocycles. The highest BCUT2D eigenvalue weighted by atomic mass is 32.2. The molecule has 0 bridgehead atoms. The Morgan fingerprint density at radius 2 is 2.00 bits per heavy atom. The molecule has 9 heteroatoms. The molecule has 0 saturated carbocycles. The van der Waals surface area contributed by atoms with E-state index in [-0.39, 0.29) is 23.5 Å². The summed E-state index contributed by atoms with van der Waals surface area (Å²) < 4.78 is 45.7. The van der Waals surface area contributed by atoms with Crippen LogP contribution in [0.2, 0.25) is 0 Å². The Hall–Kier alpha value is -2.88. The second-order valence-corrected chi connectivity index (χ2v) is 6.34. The van der Waals surface area contributed by atoms with Crippen molar-refractivity contribution in [1.29, 1.82) is 10.5 Å². The van der Waals surface area contributed by atoms with E-state index in [1.807, 2.05) is 6.07 Å². The average molecular weight is 393 g/mol. The van der Waals surface area contributed by atoms with Crippen LogP contribution in [-0.4, -0.2) is 17.3 Å². The number of rotatable bonds is 4. The van der Waals surface area contributed by atoms with Gasteiger partial charge in [-0.2, -0.15) is 10.5 Å². The maximum absolute atomic E-state index is 13.9. The zero-order chi connectivity index (χ0) is 20.0. The Balaban J connectivity index is 0.000000817. The number of benzene rings is 2. The maximum Gasteiger partial charge on any atom is 0.173 e. The number of hydrogen-bond acceptors (Lipinski definition) is 6. The lowest BCUT2D eigenvalue weighted by atomic mass is 10.1. The van der Waals surface area contributed by atoms with Crippen molar-refractivity contribution in [3.63, 3.8) is 0 Å². The van der Waals surface area contributed by atoms with E-state index >= 15 is 0 Å². The summed E-state index contributed by atoms with van der Waals surface area (Å²) in [6, 6.07) is 7.71. The van der Waals surface area contributed by atoms with Crippen LogP contribution in [0.3, 0.4) is 0 Å². The third kappa shape index (κ3) is 4.64. The molecule has 5 nitrogen and oxygen atoms in total. The SMILES string of the molecule is N#CN.N#Cc1cc(F)cc(Oc2ccc(SCF)c3c2CC(F)C3O)c1. The first kappa shape index (κ1) is 20.4. The molecule has 2 aromatic rings. The van der Waals surface area contributed by atoms with Crippen LogP contribution in [0.4, 0.5) is 13.2 Å². The van der Waals surface area contributed by atoms with Crippen molar-refractivity contribution in [2.45, 2.75) is 23.6 Å². The standard InChI is InChI=1S/C17H12F3NO2S.CH2N2/c18-8-24-15-2-1-14(12-6-13(20)17(22)16(12)15)23-11-4-9(7-21)3-10(19)5-11;2-1-3/h1-5,13,17,22H,6,8H2;2H2. The Kier molecular flexibility index (Phi) is 6.94. The van der Waals surface area contributed by atoms with Gasteiger partial charge in [0.25, 0.3) is 0 Å². The number of halogens is 3. The minimum atomic E-state index is -1.51. The molecule has 0 radical (unpaired) electrons. The first-order valence-corrected chi connectivity index (χ1v) is 8.58. The van der Waals surface area contributed by atoms with E-state index in [1.54, 1.807) is 0 Å². The molecule has 27 heavy (non-hydrogen) atoms. The van der Waals surface area contributed by atoms with Crippen molar-refractivity contribution in [3.8, 4) is 23.8 Å². The minimum Gasteiger partial charge on any atom is -0.457 e. The number of hydrogen-bond donors (Lipinski definition) is 2. The fraction of sp³-hybridized carbons (Fsp3) is 0.222. The van der Waals surface area contributed by atoms with Crippen molar-refractivity contribution >= 4 is 11.8 Å². The third-order valence-electron chi connectivity index (χ3n) is 3.75. The quantitative estimate of drug-likeness (QED) is 0.464. The second-order valence-electron chi connectivity index (χ2n) is 5.39. The van der Waals surface area contributed by atoms with Gasteiger partial charge in [0, 0.05) is 28.5 Å². The molecule has 2 aromatic carbocycles. The van der Waals surface area contributed by atoms with Crippen molar-refractivity contribution in [3.05, 3.63) is 52.8 Å². The Morgan fingerprint density at radius 1 is 1.30 bits per heavy atom. The lowest BCUT2D eigenvalue weighted by Crippen LogP contribution is -2.06. The van der Waals surface area contributed by atoms with Crippen LogP contribution in [0.1, 0.15) is 22.8 Å². The predicted molar refractivity (Wildman–Crippen MR) is 92.8 cm³/mol. The van der Waals surface area contributed by atoms with Crippen molar-refractivity contribution < 1.29 is 23.0 Å². The van der Waals surface area contributed by atoms with Crippen LogP contribution in [0.5, 0.6) is 11.5 Å². The van der Waals surface area contributed by atoms with Crippen molar-refractivity contribution in [1.82, 2.24) is 0 Å². The molecule has 3 N–H and O–H groups in total. The highest BCUT2D eigenvalue weighted by molar-refractivity contribution is 7.99. The van der Waals surface area contributed by atoms with E-state index in [2.05, 4.69) is 5.73 Å². The van der Waals surface area contributed by atoms with Gasteiger partial charge in [0.1, 0.15) is 35.6 Å². The molecule has 2 unspecified atom stereocenters. The molecule has 2 atom stereocenters. The molecule has 0 fully saturated rings. The van der Waals surface area contributed by atoms with Crippen molar-refractivity contribution in [2.75, 3.05) is 6.01 Å². The zero-order valence-corrected chi connectivity index (χ0v) is 14.6. The van der Waals surface area contributed by atoms with Gasteiger partial charge in [0.15, 0.2) is 6.19 Å². The largest absolute Gasteiger partial charge is 0.457 e. The highest BCUT2D eigenvalue weighted by Crippen LogP contribution is 2.45. The van der Waals surface area contributed by atoms with Crippen LogP contribution in [0.25, 0.3) is 0 Å². The van der Waals surface area contributed by atoms with Gasteiger partial charge in [0.2, 0.25) is 0 Å². The predicted octanol–water partition coefficient (Wildman–Crippen LogP) is 3.86. The van der Waals surface area contributed by atoms with E-state index < -0.39 is 24.1 Å². The van der Waals surface area contributed by atoms with Gasteiger partial charge < -0.3 is 15.6 Å². The summed E-state index contributed by atoms with van der Waals surface area (Å²) in [4.78, 5) is 0.449. The smallest absolute Gasteiger partial charge is 0.173 e. The summed E-state index contributed by atoms with van der Waals surface area (Å²) >= 11 is 0.858.